The van der Waals surface area contributed by atoms with Crippen LogP contribution in [0.4, 0.5) is 0 Å². The van der Waals surface area contributed by atoms with Gasteiger partial charge in [-0.1, -0.05) is 55.5 Å². The lowest BCUT2D eigenvalue weighted by atomic mass is 9.92. The Morgan fingerprint density at radius 2 is 1.59 bits per heavy atom. The Balaban J connectivity index is 2.34. The van der Waals surface area contributed by atoms with Crippen molar-refractivity contribution in [2.45, 2.75) is 19.8 Å². The van der Waals surface area contributed by atoms with E-state index in [0.717, 1.165) is 5.56 Å². The monoisotopic (exact) mass is 224 g/mol. The van der Waals surface area contributed by atoms with Crippen LogP contribution in [0.3, 0.4) is 0 Å². The minimum Gasteiger partial charge on any atom is -0.295 e. The summed E-state index contributed by atoms with van der Waals surface area (Å²) in [5.41, 5.74) is 3.24. The van der Waals surface area contributed by atoms with Crippen LogP contribution in [0.2, 0.25) is 0 Å². The molecule has 17 heavy (non-hydrogen) atoms. The Labute approximate surface area is 102 Å². The Hall–Kier alpha value is -1.89. The molecule has 0 bridgehead atoms. The number of ketones is 1. The van der Waals surface area contributed by atoms with Crippen LogP contribution in [0, 0.1) is 0 Å². The lowest BCUT2D eigenvalue weighted by molar-refractivity contribution is 0.101. The summed E-state index contributed by atoms with van der Waals surface area (Å²) < 4.78 is 0. The highest BCUT2D eigenvalue weighted by Crippen LogP contribution is 2.24. The number of hydrogen-bond acceptors (Lipinski definition) is 1. The smallest absolute Gasteiger partial charge is 0.159 e. The molecule has 0 saturated heterocycles. The van der Waals surface area contributed by atoms with Gasteiger partial charge in [0.15, 0.2) is 5.78 Å². The quantitative estimate of drug-likeness (QED) is 0.719. The van der Waals surface area contributed by atoms with Crippen molar-refractivity contribution in [2.75, 3.05) is 0 Å². The van der Waals surface area contributed by atoms with E-state index in [1.165, 1.54) is 11.1 Å². The first-order valence-corrected chi connectivity index (χ1v) is 5.84. The molecule has 1 atom stereocenters. The highest BCUT2D eigenvalue weighted by molar-refractivity contribution is 5.94. The van der Waals surface area contributed by atoms with Crippen LogP contribution >= 0.6 is 0 Å². The molecule has 0 aliphatic rings. The Morgan fingerprint density at radius 1 is 0.941 bits per heavy atom. The van der Waals surface area contributed by atoms with Gasteiger partial charge in [-0.25, -0.2) is 0 Å². The predicted octanol–water partition coefficient (Wildman–Crippen LogP) is 4.04. The Morgan fingerprint density at radius 3 is 2.24 bits per heavy atom. The fourth-order valence-corrected chi connectivity index (χ4v) is 1.96. The number of rotatable bonds is 3. The molecule has 2 aromatic carbocycles. The molecule has 0 saturated carbocycles. The summed E-state index contributed by atoms with van der Waals surface area (Å²) in [5, 5.41) is 0. The SMILES string of the molecule is CC(=O)c1cccc(C(C)c2ccccc2)c1. The summed E-state index contributed by atoms with van der Waals surface area (Å²) in [4.78, 5) is 11.4. The summed E-state index contributed by atoms with van der Waals surface area (Å²) in [6.07, 6.45) is 0. The van der Waals surface area contributed by atoms with E-state index < -0.39 is 0 Å². The molecule has 1 heteroatoms. The van der Waals surface area contributed by atoms with Crippen LogP contribution < -0.4 is 0 Å². The van der Waals surface area contributed by atoms with Crippen LogP contribution in [0.15, 0.2) is 54.6 Å². The molecule has 0 aliphatic carbocycles. The van der Waals surface area contributed by atoms with Crippen LogP contribution in [0.25, 0.3) is 0 Å². The summed E-state index contributed by atoms with van der Waals surface area (Å²) in [5.74, 6) is 0.433. The third kappa shape index (κ3) is 2.62. The number of benzene rings is 2. The van der Waals surface area contributed by atoms with Crippen molar-refractivity contribution in [2.24, 2.45) is 0 Å². The van der Waals surface area contributed by atoms with Gasteiger partial charge >= 0.3 is 0 Å². The molecule has 0 radical (unpaired) electrons. The maximum absolute atomic E-state index is 11.4. The first-order valence-electron chi connectivity index (χ1n) is 5.84. The lowest BCUT2D eigenvalue weighted by Gasteiger charge is -2.13. The zero-order valence-corrected chi connectivity index (χ0v) is 10.2. The van der Waals surface area contributed by atoms with Crippen LogP contribution in [0.5, 0.6) is 0 Å². The van der Waals surface area contributed by atoms with Gasteiger partial charge < -0.3 is 0 Å². The van der Waals surface area contributed by atoms with E-state index in [1.54, 1.807) is 6.92 Å². The molecule has 0 spiro atoms. The van der Waals surface area contributed by atoms with Crippen LogP contribution in [0.1, 0.15) is 41.3 Å². The highest BCUT2D eigenvalue weighted by Gasteiger charge is 2.09. The van der Waals surface area contributed by atoms with Gasteiger partial charge in [-0.15, -0.1) is 0 Å². The van der Waals surface area contributed by atoms with Gasteiger partial charge in [0.25, 0.3) is 0 Å². The molecule has 0 N–H and O–H groups in total. The molecular formula is C16H16O. The predicted molar refractivity (Wildman–Crippen MR) is 70.4 cm³/mol. The van der Waals surface area contributed by atoms with Gasteiger partial charge in [0, 0.05) is 11.5 Å². The minimum atomic E-state index is 0.118. The number of carbonyl (C=O) groups excluding carboxylic acids is 1. The Bertz CT molecular complexity index is 514. The molecule has 1 unspecified atom stereocenters. The third-order valence-electron chi connectivity index (χ3n) is 3.09. The average Bonchev–Trinajstić information content (AvgIpc) is 2.39. The van der Waals surface area contributed by atoms with Crippen molar-refractivity contribution >= 4 is 5.78 Å². The van der Waals surface area contributed by atoms with E-state index in [0.29, 0.717) is 5.92 Å². The first-order chi connectivity index (χ1) is 8.18. The highest BCUT2D eigenvalue weighted by atomic mass is 16.1. The van der Waals surface area contributed by atoms with Gasteiger partial charge in [-0.3, -0.25) is 4.79 Å². The molecule has 1 nitrogen and oxygen atoms in total. The summed E-state index contributed by atoms with van der Waals surface area (Å²) in [7, 11) is 0. The standard InChI is InChI=1S/C16H16O/c1-12(14-7-4-3-5-8-14)15-9-6-10-16(11-15)13(2)17/h3-12H,1-2H3. The number of carbonyl (C=O) groups is 1. The normalized spacial score (nSPS) is 12.1. The number of Topliss-reactive ketones (excluding diaryl/α,β-unsaturated/α-hetero) is 1. The largest absolute Gasteiger partial charge is 0.295 e. The fraction of sp³-hybridized carbons (Fsp3) is 0.188. The van der Waals surface area contributed by atoms with Gasteiger partial charge in [0.05, 0.1) is 0 Å². The molecule has 0 aliphatic heterocycles. The van der Waals surface area contributed by atoms with Crippen molar-refractivity contribution in [3.8, 4) is 0 Å². The summed E-state index contributed by atoms with van der Waals surface area (Å²) in [6, 6.07) is 18.2. The van der Waals surface area contributed by atoms with E-state index in [9.17, 15) is 4.79 Å². The van der Waals surface area contributed by atoms with Crippen LogP contribution in [-0.2, 0) is 0 Å². The van der Waals surface area contributed by atoms with Crippen molar-refractivity contribution < 1.29 is 4.79 Å². The molecule has 0 fully saturated rings. The third-order valence-corrected chi connectivity index (χ3v) is 3.09. The molecular weight excluding hydrogens is 208 g/mol. The second-order valence-electron chi connectivity index (χ2n) is 4.31. The van der Waals surface area contributed by atoms with Gasteiger partial charge in [-0.2, -0.15) is 0 Å². The maximum Gasteiger partial charge on any atom is 0.159 e. The molecule has 0 heterocycles. The van der Waals surface area contributed by atoms with Gasteiger partial charge in [-0.05, 0) is 24.1 Å². The zero-order chi connectivity index (χ0) is 12.3. The molecule has 0 aromatic heterocycles. The average molecular weight is 224 g/mol. The molecule has 0 amide bonds. The second kappa shape index (κ2) is 4.96. The van der Waals surface area contributed by atoms with Gasteiger partial charge in [0.2, 0.25) is 0 Å². The second-order valence-corrected chi connectivity index (χ2v) is 4.31. The van der Waals surface area contributed by atoms with Gasteiger partial charge in [0.1, 0.15) is 0 Å². The van der Waals surface area contributed by atoms with Crippen molar-refractivity contribution in [1.82, 2.24) is 0 Å². The fourth-order valence-electron chi connectivity index (χ4n) is 1.96. The summed E-state index contributed by atoms with van der Waals surface area (Å²) >= 11 is 0. The van der Waals surface area contributed by atoms with Crippen molar-refractivity contribution in [3.05, 3.63) is 71.3 Å². The minimum absolute atomic E-state index is 0.118. The molecule has 86 valence electrons. The summed E-state index contributed by atoms with van der Waals surface area (Å²) in [6.45, 7) is 3.76. The van der Waals surface area contributed by atoms with E-state index in [1.807, 2.05) is 36.4 Å². The van der Waals surface area contributed by atoms with E-state index in [2.05, 4.69) is 25.1 Å². The van der Waals surface area contributed by atoms with E-state index in [4.69, 9.17) is 0 Å². The van der Waals surface area contributed by atoms with E-state index in [-0.39, 0.29) is 5.78 Å². The van der Waals surface area contributed by atoms with Crippen LogP contribution in [-0.4, -0.2) is 5.78 Å². The Kier molecular flexibility index (Phi) is 3.38. The topological polar surface area (TPSA) is 17.1 Å². The maximum atomic E-state index is 11.4. The van der Waals surface area contributed by atoms with Crippen molar-refractivity contribution in [3.63, 3.8) is 0 Å². The lowest BCUT2D eigenvalue weighted by Crippen LogP contribution is -1.99. The van der Waals surface area contributed by atoms with E-state index >= 15 is 0 Å². The number of hydrogen-bond donors (Lipinski definition) is 0. The zero-order valence-electron chi connectivity index (χ0n) is 10.2. The first kappa shape index (κ1) is 11.6. The molecule has 2 rings (SSSR count). The van der Waals surface area contributed by atoms with Crippen molar-refractivity contribution in [1.29, 1.82) is 0 Å². The molecule has 2 aromatic rings.